The number of benzene rings is 1. The highest BCUT2D eigenvalue weighted by Gasteiger charge is 2.10. The summed E-state index contributed by atoms with van der Waals surface area (Å²) < 4.78 is 0. The molecule has 1 aromatic carbocycles. The van der Waals surface area contributed by atoms with Gasteiger partial charge in [-0.3, -0.25) is 0 Å². The second kappa shape index (κ2) is 9.11. The lowest BCUT2D eigenvalue weighted by atomic mass is 10.0. The van der Waals surface area contributed by atoms with Gasteiger partial charge >= 0.3 is 0 Å². The van der Waals surface area contributed by atoms with E-state index in [9.17, 15) is 0 Å². The van der Waals surface area contributed by atoms with E-state index >= 15 is 0 Å². The summed E-state index contributed by atoms with van der Waals surface area (Å²) in [5.74, 6) is 0. The average Bonchev–Trinajstić information content (AvgIpc) is 2.42. The zero-order valence-electron chi connectivity index (χ0n) is 13.1. The van der Waals surface area contributed by atoms with Crippen LogP contribution in [0.4, 0.5) is 0 Å². The zero-order valence-corrected chi connectivity index (χ0v) is 13.1. The van der Waals surface area contributed by atoms with Gasteiger partial charge in [-0.25, -0.2) is 0 Å². The molecule has 0 amide bonds. The van der Waals surface area contributed by atoms with Crippen LogP contribution in [-0.4, -0.2) is 31.6 Å². The van der Waals surface area contributed by atoms with E-state index in [-0.39, 0.29) is 0 Å². The number of unbranched alkanes of at least 4 members (excludes halogenated alkanes) is 1. The fourth-order valence-corrected chi connectivity index (χ4v) is 2.32. The second-order valence-corrected chi connectivity index (χ2v) is 5.47. The van der Waals surface area contributed by atoms with Crippen LogP contribution >= 0.6 is 0 Å². The molecule has 0 aromatic heterocycles. The van der Waals surface area contributed by atoms with Crippen molar-refractivity contribution in [3.63, 3.8) is 0 Å². The minimum absolute atomic E-state index is 0.481. The third-order valence-corrected chi connectivity index (χ3v) is 3.62. The summed E-state index contributed by atoms with van der Waals surface area (Å²) in [6, 6.07) is 9.42. The minimum atomic E-state index is 0.481. The Balaban J connectivity index is 2.50. The van der Waals surface area contributed by atoms with E-state index in [1.165, 1.54) is 36.9 Å². The van der Waals surface area contributed by atoms with E-state index in [0.29, 0.717) is 6.04 Å². The summed E-state index contributed by atoms with van der Waals surface area (Å²) in [6.45, 7) is 9.97. The second-order valence-electron chi connectivity index (χ2n) is 5.47. The number of rotatable bonds is 9. The largest absolute Gasteiger partial charge is 0.310 e. The molecule has 0 saturated heterocycles. The number of aryl methyl sites for hydroxylation is 1. The normalized spacial score (nSPS) is 12.9. The molecule has 0 spiro atoms. The van der Waals surface area contributed by atoms with E-state index in [2.05, 4.69) is 62.3 Å². The fourth-order valence-electron chi connectivity index (χ4n) is 2.32. The van der Waals surface area contributed by atoms with Crippen molar-refractivity contribution in [1.29, 1.82) is 0 Å². The first kappa shape index (κ1) is 16.2. The predicted octanol–water partition coefficient (Wildman–Crippen LogP) is 3.77. The number of hydrogen-bond acceptors (Lipinski definition) is 2. The molecule has 1 aromatic rings. The maximum atomic E-state index is 3.60. The van der Waals surface area contributed by atoms with Crippen molar-refractivity contribution in [2.24, 2.45) is 0 Å². The van der Waals surface area contributed by atoms with Gasteiger partial charge in [0.25, 0.3) is 0 Å². The van der Waals surface area contributed by atoms with Crippen LogP contribution in [0.15, 0.2) is 24.3 Å². The van der Waals surface area contributed by atoms with Gasteiger partial charge in [-0.15, -0.1) is 0 Å². The smallest absolute Gasteiger partial charge is 0.0332 e. The lowest BCUT2D eigenvalue weighted by molar-refractivity contribution is 0.303. The van der Waals surface area contributed by atoms with E-state index in [4.69, 9.17) is 0 Å². The van der Waals surface area contributed by atoms with Gasteiger partial charge < -0.3 is 10.2 Å². The summed E-state index contributed by atoms with van der Waals surface area (Å²) in [5, 5.41) is 3.60. The third kappa shape index (κ3) is 6.22. The molecule has 108 valence electrons. The molecule has 0 fully saturated rings. The van der Waals surface area contributed by atoms with Gasteiger partial charge in [0.1, 0.15) is 0 Å². The Labute approximate surface area is 119 Å². The van der Waals surface area contributed by atoms with Gasteiger partial charge in [0.2, 0.25) is 0 Å². The van der Waals surface area contributed by atoms with Gasteiger partial charge in [-0.05, 0) is 52.0 Å². The Hall–Kier alpha value is -0.860. The summed E-state index contributed by atoms with van der Waals surface area (Å²) in [5.41, 5.74) is 2.75. The Morgan fingerprint density at radius 1 is 1.11 bits per heavy atom. The SMILES string of the molecule is CCCCN(C)CCC(NCC)c1ccc(C)cc1. The molecule has 1 rings (SSSR count). The molecule has 1 atom stereocenters. The number of nitrogens with zero attached hydrogens (tertiary/aromatic N) is 1. The van der Waals surface area contributed by atoms with Crippen molar-refractivity contribution < 1.29 is 0 Å². The van der Waals surface area contributed by atoms with Gasteiger partial charge in [0.05, 0.1) is 0 Å². The van der Waals surface area contributed by atoms with Crippen molar-refractivity contribution >= 4 is 0 Å². The Morgan fingerprint density at radius 2 is 1.79 bits per heavy atom. The van der Waals surface area contributed by atoms with Crippen LogP contribution in [0.1, 0.15) is 50.3 Å². The molecule has 0 aliphatic rings. The van der Waals surface area contributed by atoms with E-state index in [0.717, 1.165) is 13.1 Å². The zero-order chi connectivity index (χ0) is 14.1. The van der Waals surface area contributed by atoms with E-state index in [1.807, 2.05) is 0 Å². The molecular formula is C17H30N2. The first-order valence-electron chi connectivity index (χ1n) is 7.65. The summed E-state index contributed by atoms with van der Waals surface area (Å²) in [7, 11) is 2.23. The molecule has 2 heteroatoms. The van der Waals surface area contributed by atoms with Crippen LogP contribution in [-0.2, 0) is 0 Å². The Bertz CT molecular complexity index is 332. The molecular weight excluding hydrogens is 232 g/mol. The predicted molar refractivity (Wildman–Crippen MR) is 84.6 cm³/mol. The van der Waals surface area contributed by atoms with Crippen LogP contribution in [0.5, 0.6) is 0 Å². The quantitative estimate of drug-likeness (QED) is 0.729. The van der Waals surface area contributed by atoms with Crippen molar-refractivity contribution in [2.75, 3.05) is 26.7 Å². The van der Waals surface area contributed by atoms with Crippen molar-refractivity contribution in [3.05, 3.63) is 35.4 Å². The molecule has 0 radical (unpaired) electrons. The first-order valence-corrected chi connectivity index (χ1v) is 7.65. The highest BCUT2D eigenvalue weighted by molar-refractivity contribution is 5.24. The maximum Gasteiger partial charge on any atom is 0.0332 e. The lowest BCUT2D eigenvalue weighted by Crippen LogP contribution is -2.27. The summed E-state index contributed by atoms with van der Waals surface area (Å²) in [6.07, 6.45) is 3.75. The molecule has 1 unspecified atom stereocenters. The molecule has 0 saturated carbocycles. The van der Waals surface area contributed by atoms with Crippen LogP contribution in [0.25, 0.3) is 0 Å². The molecule has 0 aliphatic carbocycles. The molecule has 0 aliphatic heterocycles. The summed E-state index contributed by atoms with van der Waals surface area (Å²) >= 11 is 0. The number of hydrogen-bond donors (Lipinski definition) is 1. The van der Waals surface area contributed by atoms with Gasteiger partial charge in [-0.1, -0.05) is 50.1 Å². The maximum absolute atomic E-state index is 3.60. The van der Waals surface area contributed by atoms with E-state index in [1.54, 1.807) is 0 Å². The number of nitrogens with one attached hydrogen (secondary N) is 1. The van der Waals surface area contributed by atoms with Crippen LogP contribution < -0.4 is 5.32 Å². The molecule has 2 nitrogen and oxygen atoms in total. The highest BCUT2D eigenvalue weighted by atomic mass is 15.1. The van der Waals surface area contributed by atoms with Crippen LogP contribution in [0, 0.1) is 6.92 Å². The molecule has 0 bridgehead atoms. The van der Waals surface area contributed by atoms with Crippen molar-refractivity contribution in [2.45, 2.75) is 46.1 Å². The molecule has 0 heterocycles. The fraction of sp³-hybridized carbons (Fsp3) is 0.647. The Kier molecular flexibility index (Phi) is 7.76. The molecule has 19 heavy (non-hydrogen) atoms. The van der Waals surface area contributed by atoms with Crippen LogP contribution in [0.2, 0.25) is 0 Å². The topological polar surface area (TPSA) is 15.3 Å². The lowest BCUT2D eigenvalue weighted by Gasteiger charge is -2.22. The third-order valence-electron chi connectivity index (χ3n) is 3.62. The monoisotopic (exact) mass is 262 g/mol. The Morgan fingerprint density at radius 3 is 2.37 bits per heavy atom. The summed E-state index contributed by atoms with van der Waals surface area (Å²) in [4.78, 5) is 2.45. The van der Waals surface area contributed by atoms with E-state index < -0.39 is 0 Å². The van der Waals surface area contributed by atoms with Crippen molar-refractivity contribution in [3.8, 4) is 0 Å². The minimum Gasteiger partial charge on any atom is -0.310 e. The van der Waals surface area contributed by atoms with Gasteiger partial charge in [0, 0.05) is 6.04 Å². The van der Waals surface area contributed by atoms with Gasteiger partial charge in [-0.2, -0.15) is 0 Å². The van der Waals surface area contributed by atoms with Crippen LogP contribution in [0.3, 0.4) is 0 Å². The first-order chi connectivity index (χ1) is 9.17. The van der Waals surface area contributed by atoms with Gasteiger partial charge in [0.15, 0.2) is 0 Å². The molecule has 1 N–H and O–H groups in total. The highest BCUT2D eigenvalue weighted by Crippen LogP contribution is 2.17. The average molecular weight is 262 g/mol. The van der Waals surface area contributed by atoms with Crippen molar-refractivity contribution in [1.82, 2.24) is 10.2 Å². The standard InChI is InChI=1S/C17H30N2/c1-5-7-13-19(4)14-12-17(18-6-2)16-10-8-15(3)9-11-16/h8-11,17-18H,5-7,12-14H2,1-4H3.